The molecular formula is C18H29NO3. The number of esters is 1. The number of aromatic hydroxyl groups is 1. The molecule has 124 valence electrons. The molecule has 0 spiro atoms. The molecule has 1 aromatic carbocycles. The number of carbonyl (C=O) groups is 1. The summed E-state index contributed by atoms with van der Waals surface area (Å²) >= 11 is 0. The van der Waals surface area contributed by atoms with Gasteiger partial charge in [-0.15, -0.1) is 0 Å². The maximum absolute atomic E-state index is 11.6. The summed E-state index contributed by atoms with van der Waals surface area (Å²) in [4.78, 5) is 11.6. The Morgan fingerprint density at radius 1 is 1.18 bits per heavy atom. The molecule has 1 atom stereocenters. The fraction of sp³-hybridized carbons (Fsp3) is 0.611. The molecule has 4 nitrogen and oxygen atoms in total. The molecule has 0 fully saturated rings. The Kier molecular flexibility index (Phi) is 5.29. The third kappa shape index (κ3) is 4.23. The summed E-state index contributed by atoms with van der Waals surface area (Å²) < 4.78 is 4.67. The maximum Gasteiger partial charge on any atom is 0.322 e. The van der Waals surface area contributed by atoms with E-state index in [0.717, 1.165) is 11.1 Å². The summed E-state index contributed by atoms with van der Waals surface area (Å²) in [6.07, 6.45) is 0.255. The molecule has 4 heteroatoms. The maximum atomic E-state index is 11.6. The second-order valence-electron chi connectivity index (χ2n) is 7.87. The highest BCUT2D eigenvalue weighted by atomic mass is 16.5. The van der Waals surface area contributed by atoms with Crippen LogP contribution in [0.25, 0.3) is 0 Å². The average Bonchev–Trinajstić information content (AvgIpc) is 2.37. The molecule has 0 aliphatic carbocycles. The van der Waals surface area contributed by atoms with Gasteiger partial charge in [-0.1, -0.05) is 53.7 Å². The minimum atomic E-state index is -0.779. The number of phenolic OH excluding ortho intramolecular Hbond substituents is 1. The third-order valence-electron chi connectivity index (χ3n) is 3.81. The number of phenols is 1. The van der Waals surface area contributed by atoms with Gasteiger partial charge >= 0.3 is 5.97 Å². The standard InChI is InChI=1S/C18H29NO3/c1-17(2,3)12-8-11(9-14(19)16(21)22-7)15(20)13(10-12)18(4,5)6/h8,10,14,20H,9,19H2,1-7H3/t14-/m1/s1. The van der Waals surface area contributed by atoms with E-state index in [1.165, 1.54) is 7.11 Å². The summed E-state index contributed by atoms with van der Waals surface area (Å²) in [5.74, 6) is -0.252. The Labute approximate surface area is 133 Å². The predicted octanol–water partition coefficient (Wildman–Crippen LogP) is 3.03. The molecule has 0 aromatic heterocycles. The van der Waals surface area contributed by atoms with Crippen LogP contribution in [0.1, 0.15) is 58.2 Å². The van der Waals surface area contributed by atoms with Gasteiger partial charge in [0.2, 0.25) is 0 Å². The number of carbonyl (C=O) groups excluding carboxylic acids is 1. The van der Waals surface area contributed by atoms with Gasteiger partial charge in [-0.2, -0.15) is 0 Å². The minimum absolute atomic E-state index is 0.0577. The Balaban J connectivity index is 3.40. The van der Waals surface area contributed by atoms with Crippen molar-refractivity contribution in [3.05, 3.63) is 28.8 Å². The monoisotopic (exact) mass is 307 g/mol. The topological polar surface area (TPSA) is 72.5 Å². The van der Waals surface area contributed by atoms with Gasteiger partial charge in [0.25, 0.3) is 0 Å². The first-order valence-corrected chi connectivity index (χ1v) is 7.58. The van der Waals surface area contributed by atoms with E-state index in [1.807, 2.05) is 12.1 Å². The van der Waals surface area contributed by atoms with Crippen molar-refractivity contribution < 1.29 is 14.6 Å². The van der Waals surface area contributed by atoms with Crippen molar-refractivity contribution in [1.29, 1.82) is 0 Å². The van der Waals surface area contributed by atoms with Gasteiger partial charge in [-0.3, -0.25) is 4.79 Å². The number of hydrogen-bond acceptors (Lipinski definition) is 4. The summed E-state index contributed by atoms with van der Waals surface area (Å²) in [6, 6.07) is 3.20. The van der Waals surface area contributed by atoms with Crippen LogP contribution >= 0.6 is 0 Å². The first kappa shape index (κ1) is 18.5. The van der Waals surface area contributed by atoms with E-state index in [0.29, 0.717) is 5.56 Å². The van der Waals surface area contributed by atoms with Gasteiger partial charge in [-0.25, -0.2) is 0 Å². The van der Waals surface area contributed by atoms with Crippen LogP contribution in [0.15, 0.2) is 12.1 Å². The summed E-state index contributed by atoms with van der Waals surface area (Å²) in [6.45, 7) is 12.5. The van der Waals surface area contributed by atoms with Crippen LogP contribution in [0.4, 0.5) is 0 Å². The zero-order chi connectivity index (χ0) is 17.3. The molecule has 0 saturated carbocycles. The van der Waals surface area contributed by atoms with Crippen LogP contribution in [0.5, 0.6) is 5.75 Å². The van der Waals surface area contributed by atoms with Crippen molar-refractivity contribution in [3.8, 4) is 5.75 Å². The van der Waals surface area contributed by atoms with Crippen molar-refractivity contribution >= 4 is 5.97 Å². The van der Waals surface area contributed by atoms with E-state index in [9.17, 15) is 9.90 Å². The van der Waals surface area contributed by atoms with Gasteiger partial charge in [0.15, 0.2) is 0 Å². The molecule has 1 aromatic rings. The number of benzene rings is 1. The molecule has 22 heavy (non-hydrogen) atoms. The average molecular weight is 307 g/mol. The second kappa shape index (κ2) is 6.29. The van der Waals surface area contributed by atoms with E-state index in [1.54, 1.807) is 0 Å². The SMILES string of the molecule is COC(=O)[C@H](N)Cc1cc(C(C)(C)C)cc(C(C)(C)C)c1O. The smallest absolute Gasteiger partial charge is 0.322 e. The van der Waals surface area contributed by atoms with Gasteiger partial charge in [-0.05, 0) is 27.5 Å². The lowest BCUT2D eigenvalue weighted by Gasteiger charge is -2.28. The highest BCUT2D eigenvalue weighted by Gasteiger charge is 2.26. The van der Waals surface area contributed by atoms with Gasteiger partial charge in [0.1, 0.15) is 11.8 Å². The molecule has 0 bridgehead atoms. The Hall–Kier alpha value is -1.55. The van der Waals surface area contributed by atoms with E-state index in [4.69, 9.17) is 5.73 Å². The van der Waals surface area contributed by atoms with E-state index >= 15 is 0 Å². The lowest BCUT2D eigenvalue weighted by Crippen LogP contribution is -2.34. The number of hydrogen-bond donors (Lipinski definition) is 2. The first-order valence-electron chi connectivity index (χ1n) is 7.58. The summed E-state index contributed by atoms with van der Waals surface area (Å²) in [7, 11) is 1.31. The third-order valence-corrected chi connectivity index (χ3v) is 3.81. The van der Waals surface area contributed by atoms with Crippen LogP contribution in [-0.4, -0.2) is 24.2 Å². The van der Waals surface area contributed by atoms with Crippen molar-refractivity contribution in [2.24, 2.45) is 5.73 Å². The van der Waals surface area contributed by atoms with Gasteiger partial charge in [0, 0.05) is 6.42 Å². The lowest BCUT2D eigenvalue weighted by molar-refractivity contribution is -0.142. The predicted molar refractivity (Wildman–Crippen MR) is 89.2 cm³/mol. The molecule has 1 rings (SSSR count). The molecule has 0 aliphatic heterocycles. The van der Waals surface area contributed by atoms with Crippen molar-refractivity contribution in [3.63, 3.8) is 0 Å². The largest absolute Gasteiger partial charge is 0.507 e. The van der Waals surface area contributed by atoms with Crippen molar-refractivity contribution in [2.45, 2.75) is 64.8 Å². The normalized spacial score (nSPS) is 13.8. The van der Waals surface area contributed by atoms with Crippen LogP contribution in [-0.2, 0) is 26.8 Å². The Bertz CT molecular complexity index is 551. The lowest BCUT2D eigenvalue weighted by atomic mass is 9.78. The number of ether oxygens (including phenoxy) is 1. The zero-order valence-electron chi connectivity index (χ0n) is 14.8. The number of rotatable bonds is 3. The summed E-state index contributed by atoms with van der Waals surface area (Å²) in [5, 5.41) is 10.6. The van der Waals surface area contributed by atoms with E-state index < -0.39 is 12.0 Å². The molecular weight excluding hydrogens is 278 g/mol. The molecule has 0 unspecified atom stereocenters. The first-order chi connectivity index (χ1) is 9.87. The van der Waals surface area contributed by atoms with E-state index in [2.05, 4.69) is 46.3 Å². The van der Waals surface area contributed by atoms with Gasteiger partial charge < -0.3 is 15.6 Å². The van der Waals surface area contributed by atoms with Crippen LogP contribution in [0, 0.1) is 0 Å². The Morgan fingerprint density at radius 3 is 2.14 bits per heavy atom. The van der Waals surface area contributed by atoms with Crippen molar-refractivity contribution in [2.75, 3.05) is 7.11 Å². The molecule has 0 saturated heterocycles. The molecule has 3 N–H and O–H groups in total. The molecule has 0 heterocycles. The van der Waals surface area contributed by atoms with Crippen LogP contribution in [0.2, 0.25) is 0 Å². The van der Waals surface area contributed by atoms with E-state index in [-0.39, 0.29) is 23.0 Å². The van der Waals surface area contributed by atoms with Gasteiger partial charge in [0.05, 0.1) is 7.11 Å². The highest BCUT2D eigenvalue weighted by molar-refractivity contribution is 5.76. The fourth-order valence-electron chi connectivity index (χ4n) is 2.33. The minimum Gasteiger partial charge on any atom is -0.507 e. The molecule has 0 aliphatic rings. The van der Waals surface area contributed by atoms with Crippen molar-refractivity contribution in [1.82, 2.24) is 0 Å². The van der Waals surface area contributed by atoms with Crippen LogP contribution < -0.4 is 5.73 Å². The number of methoxy groups -OCH3 is 1. The number of nitrogens with two attached hydrogens (primary N) is 1. The molecule has 0 radical (unpaired) electrons. The second-order valence-corrected chi connectivity index (χ2v) is 7.87. The summed E-state index contributed by atoms with van der Waals surface area (Å²) in [5.41, 5.74) is 8.28. The van der Waals surface area contributed by atoms with Crippen LogP contribution in [0.3, 0.4) is 0 Å². The highest BCUT2D eigenvalue weighted by Crippen LogP contribution is 2.38. The Morgan fingerprint density at radius 2 is 1.73 bits per heavy atom. The fourth-order valence-corrected chi connectivity index (χ4v) is 2.33. The quantitative estimate of drug-likeness (QED) is 0.842. The zero-order valence-corrected chi connectivity index (χ0v) is 14.8. The molecule has 0 amide bonds.